The minimum absolute atomic E-state index is 0.778. The lowest BCUT2D eigenvalue weighted by Gasteiger charge is -2.06. The lowest BCUT2D eigenvalue weighted by Crippen LogP contribution is -1.84. The van der Waals surface area contributed by atoms with Gasteiger partial charge in [-0.1, -0.05) is 36.4 Å². The number of hydrogen-bond donors (Lipinski definition) is 0. The standard InChI is InChI=1S/C17H10OS/c18-10-12-9-16-13-4-2-1-3-11(13)5-6-15(16)17-14(12)7-8-19-17/h1-10H. The summed E-state index contributed by atoms with van der Waals surface area (Å²) in [6, 6.07) is 16.7. The van der Waals surface area contributed by atoms with Crippen LogP contribution in [0.5, 0.6) is 0 Å². The molecule has 0 aliphatic rings. The van der Waals surface area contributed by atoms with Crippen molar-refractivity contribution in [2.24, 2.45) is 0 Å². The van der Waals surface area contributed by atoms with Crippen molar-refractivity contribution in [3.05, 3.63) is 59.5 Å². The van der Waals surface area contributed by atoms with Crippen LogP contribution in [0.3, 0.4) is 0 Å². The molecule has 0 saturated carbocycles. The average molecular weight is 262 g/mol. The van der Waals surface area contributed by atoms with E-state index in [0.29, 0.717) is 0 Å². The first-order valence-corrected chi connectivity index (χ1v) is 7.03. The molecule has 90 valence electrons. The van der Waals surface area contributed by atoms with Crippen LogP contribution in [-0.2, 0) is 0 Å². The second-order valence-electron chi connectivity index (χ2n) is 4.63. The summed E-state index contributed by atoms with van der Waals surface area (Å²) in [5, 5.41) is 7.92. The number of rotatable bonds is 1. The minimum Gasteiger partial charge on any atom is -0.298 e. The molecule has 0 aliphatic heterocycles. The minimum atomic E-state index is 0.778. The van der Waals surface area contributed by atoms with Crippen LogP contribution in [0.2, 0.25) is 0 Å². The van der Waals surface area contributed by atoms with E-state index in [9.17, 15) is 4.79 Å². The van der Waals surface area contributed by atoms with Crippen LogP contribution in [0.15, 0.2) is 53.9 Å². The van der Waals surface area contributed by atoms with Gasteiger partial charge in [-0.25, -0.2) is 0 Å². The van der Waals surface area contributed by atoms with Gasteiger partial charge in [0.25, 0.3) is 0 Å². The zero-order valence-corrected chi connectivity index (χ0v) is 10.9. The Labute approximate surface area is 114 Å². The van der Waals surface area contributed by atoms with Gasteiger partial charge in [0, 0.05) is 21.0 Å². The summed E-state index contributed by atoms with van der Waals surface area (Å²) in [6.07, 6.45) is 0.955. The molecule has 0 N–H and O–H groups in total. The molecule has 0 atom stereocenters. The molecule has 3 aromatic carbocycles. The largest absolute Gasteiger partial charge is 0.298 e. The molecule has 1 heterocycles. The van der Waals surface area contributed by atoms with Gasteiger partial charge in [-0.05, 0) is 33.7 Å². The molecule has 0 radical (unpaired) electrons. The molecule has 0 saturated heterocycles. The van der Waals surface area contributed by atoms with E-state index in [0.717, 1.165) is 22.6 Å². The molecule has 0 spiro atoms. The number of fused-ring (bicyclic) bond motifs is 5. The smallest absolute Gasteiger partial charge is 0.150 e. The van der Waals surface area contributed by atoms with Gasteiger partial charge in [-0.15, -0.1) is 11.3 Å². The Kier molecular flexibility index (Phi) is 2.20. The topological polar surface area (TPSA) is 17.1 Å². The molecule has 0 bridgehead atoms. The number of thiophene rings is 1. The zero-order chi connectivity index (χ0) is 12.8. The van der Waals surface area contributed by atoms with Gasteiger partial charge >= 0.3 is 0 Å². The lowest BCUT2D eigenvalue weighted by molar-refractivity contribution is 0.112. The number of carbonyl (C=O) groups excluding carboxylic acids is 1. The highest BCUT2D eigenvalue weighted by molar-refractivity contribution is 7.18. The highest BCUT2D eigenvalue weighted by Gasteiger charge is 2.09. The van der Waals surface area contributed by atoms with Crippen LogP contribution in [0, 0.1) is 0 Å². The Balaban J connectivity index is 2.34. The quantitative estimate of drug-likeness (QED) is 0.348. The second-order valence-corrected chi connectivity index (χ2v) is 5.54. The normalized spacial score (nSPS) is 11.4. The van der Waals surface area contributed by atoms with Crippen molar-refractivity contribution in [2.45, 2.75) is 0 Å². The molecule has 0 fully saturated rings. The van der Waals surface area contributed by atoms with Gasteiger partial charge in [0.05, 0.1) is 0 Å². The van der Waals surface area contributed by atoms with Crippen molar-refractivity contribution in [1.29, 1.82) is 0 Å². The molecule has 0 aliphatic carbocycles. The van der Waals surface area contributed by atoms with Crippen LogP contribution < -0.4 is 0 Å². The molecule has 1 aromatic heterocycles. The van der Waals surface area contributed by atoms with Crippen molar-refractivity contribution < 1.29 is 4.79 Å². The SMILES string of the molecule is O=Cc1cc2c3ccccc3ccc2c2sccc12. The van der Waals surface area contributed by atoms with Gasteiger partial charge in [0.1, 0.15) is 0 Å². The fraction of sp³-hybridized carbons (Fsp3) is 0. The van der Waals surface area contributed by atoms with E-state index in [1.165, 1.54) is 20.9 Å². The Morgan fingerprint density at radius 2 is 1.74 bits per heavy atom. The third kappa shape index (κ3) is 1.44. The number of benzene rings is 3. The van der Waals surface area contributed by atoms with E-state index in [-0.39, 0.29) is 0 Å². The predicted molar refractivity (Wildman–Crippen MR) is 82.2 cm³/mol. The zero-order valence-electron chi connectivity index (χ0n) is 10.1. The summed E-state index contributed by atoms with van der Waals surface area (Å²) in [5.41, 5.74) is 0.778. The van der Waals surface area contributed by atoms with Gasteiger partial charge in [0.2, 0.25) is 0 Å². The van der Waals surface area contributed by atoms with Crippen LogP contribution >= 0.6 is 11.3 Å². The fourth-order valence-electron chi connectivity index (χ4n) is 2.73. The first-order valence-electron chi connectivity index (χ1n) is 6.15. The van der Waals surface area contributed by atoms with E-state index in [4.69, 9.17) is 0 Å². The molecule has 2 heteroatoms. The van der Waals surface area contributed by atoms with Crippen LogP contribution in [0.25, 0.3) is 31.6 Å². The lowest BCUT2D eigenvalue weighted by atomic mass is 9.98. The first-order chi connectivity index (χ1) is 9.38. The second kappa shape index (κ2) is 3.90. The van der Waals surface area contributed by atoms with E-state index >= 15 is 0 Å². The van der Waals surface area contributed by atoms with E-state index in [1.54, 1.807) is 11.3 Å². The number of aldehydes is 1. The Bertz CT molecular complexity index is 934. The Morgan fingerprint density at radius 1 is 0.842 bits per heavy atom. The van der Waals surface area contributed by atoms with Crippen LogP contribution in [0.4, 0.5) is 0 Å². The molecule has 4 rings (SSSR count). The molecular formula is C17H10OS. The average Bonchev–Trinajstić information content (AvgIpc) is 2.95. The van der Waals surface area contributed by atoms with E-state index in [2.05, 4.69) is 24.3 Å². The first kappa shape index (κ1) is 10.7. The highest BCUT2D eigenvalue weighted by Crippen LogP contribution is 2.35. The highest BCUT2D eigenvalue weighted by atomic mass is 32.1. The Hall–Kier alpha value is -2.19. The summed E-state index contributed by atoms with van der Waals surface area (Å²) < 4.78 is 1.20. The van der Waals surface area contributed by atoms with Crippen molar-refractivity contribution in [1.82, 2.24) is 0 Å². The van der Waals surface area contributed by atoms with Crippen LogP contribution in [0.1, 0.15) is 10.4 Å². The fourth-order valence-corrected chi connectivity index (χ4v) is 3.68. The Morgan fingerprint density at radius 3 is 2.63 bits per heavy atom. The summed E-state index contributed by atoms with van der Waals surface area (Å²) >= 11 is 1.70. The molecule has 4 aromatic rings. The predicted octanol–water partition coefficient (Wildman–Crippen LogP) is 5.02. The maximum Gasteiger partial charge on any atom is 0.150 e. The third-order valence-electron chi connectivity index (χ3n) is 3.62. The van der Waals surface area contributed by atoms with E-state index in [1.807, 2.05) is 29.6 Å². The summed E-state index contributed by atoms with van der Waals surface area (Å²) in [7, 11) is 0. The molecule has 0 amide bonds. The van der Waals surface area contributed by atoms with Crippen molar-refractivity contribution in [3.8, 4) is 0 Å². The van der Waals surface area contributed by atoms with Crippen LogP contribution in [-0.4, -0.2) is 6.29 Å². The van der Waals surface area contributed by atoms with Crippen molar-refractivity contribution >= 4 is 49.3 Å². The molecule has 19 heavy (non-hydrogen) atoms. The maximum absolute atomic E-state index is 11.3. The maximum atomic E-state index is 11.3. The van der Waals surface area contributed by atoms with Gasteiger partial charge in [-0.2, -0.15) is 0 Å². The number of carbonyl (C=O) groups is 1. The van der Waals surface area contributed by atoms with E-state index < -0.39 is 0 Å². The summed E-state index contributed by atoms with van der Waals surface area (Å²) in [5.74, 6) is 0. The monoisotopic (exact) mass is 262 g/mol. The molecule has 1 nitrogen and oxygen atoms in total. The van der Waals surface area contributed by atoms with Crippen molar-refractivity contribution in [2.75, 3.05) is 0 Å². The summed E-state index contributed by atoms with van der Waals surface area (Å²) in [6.45, 7) is 0. The molecular weight excluding hydrogens is 252 g/mol. The number of hydrogen-bond acceptors (Lipinski definition) is 2. The summed E-state index contributed by atoms with van der Waals surface area (Å²) in [4.78, 5) is 11.3. The van der Waals surface area contributed by atoms with Gasteiger partial charge in [0.15, 0.2) is 6.29 Å². The molecule has 0 unspecified atom stereocenters. The van der Waals surface area contributed by atoms with Gasteiger partial charge in [-0.3, -0.25) is 4.79 Å². The third-order valence-corrected chi connectivity index (χ3v) is 4.57. The van der Waals surface area contributed by atoms with Gasteiger partial charge < -0.3 is 0 Å². The van der Waals surface area contributed by atoms with Crippen molar-refractivity contribution in [3.63, 3.8) is 0 Å².